The van der Waals surface area contributed by atoms with Crippen LogP contribution in [0, 0.1) is 10.1 Å². The summed E-state index contributed by atoms with van der Waals surface area (Å²) in [6.07, 6.45) is -0.919. The summed E-state index contributed by atoms with van der Waals surface area (Å²) in [4.78, 5) is 35.9. The van der Waals surface area contributed by atoms with E-state index in [9.17, 15) is 19.7 Å². The van der Waals surface area contributed by atoms with Crippen LogP contribution in [0.2, 0.25) is 0 Å². The fourth-order valence-electron chi connectivity index (χ4n) is 2.40. The minimum absolute atomic E-state index is 0.00925. The van der Waals surface area contributed by atoms with E-state index >= 15 is 0 Å². The quantitative estimate of drug-likeness (QED) is 0.405. The molecule has 0 bridgehead atoms. The molecular weight excluding hydrogens is 328 g/mol. The Morgan fingerprint density at radius 2 is 1.60 bits per heavy atom. The molecule has 8 heteroatoms. The second-order valence-electron chi connectivity index (χ2n) is 6.10. The van der Waals surface area contributed by atoms with E-state index in [0.29, 0.717) is 5.75 Å². The number of hydrogen-bond acceptors (Lipinski definition) is 6. The van der Waals surface area contributed by atoms with Gasteiger partial charge in [-0.25, -0.2) is 4.79 Å². The van der Waals surface area contributed by atoms with Crippen molar-refractivity contribution in [2.45, 2.75) is 52.8 Å². The predicted molar refractivity (Wildman–Crippen MR) is 91.3 cm³/mol. The zero-order valence-corrected chi connectivity index (χ0v) is 15.1. The van der Waals surface area contributed by atoms with Crippen LogP contribution in [-0.4, -0.2) is 46.5 Å². The number of rotatable bonds is 8. The molecule has 0 fully saturated rings. The lowest BCUT2D eigenvalue weighted by Gasteiger charge is -2.32. The van der Waals surface area contributed by atoms with Crippen LogP contribution >= 0.6 is 0 Å². The minimum Gasteiger partial charge on any atom is -0.482 e. The Hall–Kier alpha value is -2.64. The summed E-state index contributed by atoms with van der Waals surface area (Å²) in [6.45, 7) is 8.70. The van der Waals surface area contributed by atoms with E-state index in [1.807, 2.05) is 27.7 Å². The van der Waals surface area contributed by atoms with Crippen molar-refractivity contribution in [2.24, 2.45) is 0 Å². The molecule has 0 N–H and O–H groups in total. The number of carbonyl (C=O) groups excluding carboxylic acids is 2. The first-order chi connectivity index (χ1) is 11.6. The molecule has 0 radical (unpaired) electrons. The van der Waals surface area contributed by atoms with Crippen LogP contribution in [0.15, 0.2) is 24.3 Å². The molecular formula is C17H24N2O6. The molecule has 0 aliphatic rings. The summed E-state index contributed by atoms with van der Waals surface area (Å²) in [6, 6.07) is 5.31. The van der Waals surface area contributed by atoms with Crippen molar-refractivity contribution in [3.05, 3.63) is 34.4 Å². The lowest BCUT2D eigenvalue weighted by molar-refractivity contribution is -0.384. The van der Waals surface area contributed by atoms with Crippen molar-refractivity contribution in [3.63, 3.8) is 0 Å². The molecule has 0 spiro atoms. The maximum Gasteiger partial charge on any atom is 0.344 e. The molecule has 1 amide bonds. The van der Waals surface area contributed by atoms with Crippen LogP contribution in [0.25, 0.3) is 0 Å². The van der Waals surface area contributed by atoms with E-state index in [4.69, 9.17) is 9.47 Å². The van der Waals surface area contributed by atoms with Gasteiger partial charge in [0.05, 0.1) is 4.92 Å². The van der Waals surface area contributed by atoms with E-state index < -0.39 is 23.6 Å². The Kier molecular flexibility index (Phi) is 7.35. The summed E-state index contributed by atoms with van der Waals surface area (Å²) in [7, 11) is 0. The van der Waals surface area contributed by atoms with Gasteiger partial charge in [-0.2, -0.15) is 0 Å². The third-order valence-corrected chi connectivity index (χ3v) is 3.43. The number of hydrogen-bond donors (Lipinski definition) is 0. The van der Waals surface area contributed by atoms with Crippen LogP contribution in [0.3, 0.4) is 0 Å². The van der Waals surface area contributed by atoms with Crippen molar-refractivity contribution in [2.75, 3.05) is 6.61 Å². The molecule has 25 heavy (non-hydrogen) atoms. The highest BCUT2D eigenvalue weighted by Crippen LogP contribution is 2.17. The lowest BCUT2D eigenvalue weighted by atomic mass is 10.2. The number of nitro benzene ring substituents is 1. The summed E-state index contributed by atoms with van der Waals surface area (Å²) in [5.74, 6) is -0.659. The molecule has 0 saturated carbocycles. The van der Waals surface area contributed by atoms with Gasteiger partial charge in [0.25, 0.3) is 11.6 Å². The number of nitro groups is 1. The molecule has 0 aliphatic heterocycles. The summed E-state index contributed by atoms with van der Waals surface area (Å²) in [5, 5.41) is 10.6. The van der Waals surface area contributed by atoms with Gasteiger partial charge in [0.2, 0.25) is 0 Å². The fraction of sp³-hybridized carbons (Fsp3) is 0.529. The third kappa shape index (κ3) is 6.06. The van der Waals surface area contributed by atoms with Gasteiger partial charge in [0.1, 0.15) is 5.75 Å². The number of ether oxygens (including phenoxy) is 2. The maximum atomic E-state index is 12.4. The Morgan fingerprint density at radius 3 is 2.04 bits per heavy atom. The molecule has 1 aromatic carbocycles. The largest absolute Gasteiger partial charge is 0.482 e. The maximum absolute atomic E-state index is 12.4. The number of non-ortho nitro benzene ring substituents is 1. The van der Waals surface area contributed by atoms with E-state index in [-0.39, 0.29) is 23.7 Å². The molecule has 1 aromatic rings. The average Bonchev–Trinajstić information content (AvgIpc) is 2.52. The second-order valence-corrected chi connectivity index (χ2v) is 6.10. The van der Waals surface area contributed by atoms with Crippen molar-refractivity contribution in [1.82, 2.24) is 4.90 Å². The number of benzene rings is 1. The summed E-state index contributed by atoms with van der Waals surface area (Å²) in [5.41, 5.74) is -0.0726. The van der Waals surface area contributed by atoms with Crippen molar-refractivity contribution >= 4 is 17.6 Å². The topological polar surface area (TPSA) is 99.0 Å². The number of esters is 1. The Balaban J connectivity index is 2.55. The monoisotopic (exact) mass is 352 g/mol. The molecule has 0 aromatic heterocycles. The van der Waals surface area contributed by atoms with Crippen LogP contribution < -0.4 is 4.74 Å². The first kappa shape index (κ1) is 20.4. The van der Waals surface area contributed by atoms with Crippen LogP contribution in [0.5, 0.6) is 5.75 Å². The van der Waals surface area contributed by atoms with E-state index in [0.717, 1.165) is 0 Å². The van der Waals surface area contributed by atoms with Gasteiger partial charge in [-0.05, 0) is 46.8 Å². The molecule has 0 heterocycles. The second kappa shape index (κ2) is 9.00. The van der Waals surface area contributed by atoms with Crippen LogP contribution in [0.4, 0.5) is 5.69 Å². The highest BCUT2D eigenvalue weighted by atomic mass is 16.6. The molecule has 8 nitrogen and oxygen atoms in total. The molecule has 0 saturated heterocycles. The first-order valence-corrected chi connectivity index (χ1v) is 8.02. The van der Waals surface area contributed by atoms with Crippen molar-refractivity contribution in [1.29, 1.82) is 0 Å². The number of amides is 1. The zero-order chi connectivity index (χ0) is 19.1. The molecule has 1 rings (SSSR count). The highest BCUT2D eigenvalue weighted by molar-refractivity contribution is 5.84. The van der Waals surface area contributed by atoms with Crippen molar-refractivity contribution < 1.29 is 24.0 Å². The van der Waals surface area contributed by atoms with Gasteiger partial charge >= 0.3 is 5.97 Å². The number of carbonyl (C=O) groups is 2. The average molecular weight is 352 g/mol. The van der Waals surface area contributed by atoms with Crippen LogP contribution in [-0.2, 0) is 14.3 Å². The zero-order valence-electron chi connectivity index (χ0n) is 15.1. The Labute approximate surface area is 146 Å². The van der Waals surface area contributed by atoms with E-state index in [1.165, 1.54) is 31.2 Å². The van der Waals surface area contributed by atoms with Gasteiger partial charge in [-0.15, -0.1) is 0 Å². The first-order valence-electron chi connectivity index (χ1n) is 8.02. The highest BCUT2D eigenvalue weighted by Gasteiger charge is 2.27. The standard InChI is InChI=1S/C17H24N2O6/c1-11(2)18(12(3)4)17(21)13(5)25-16(20)10-24-15-8-6-14(7-9-15)19(22)23/h6-9,11-13H,10H2,1-5H3/t13-/m0/s1. The van der Waals surface area contributed by atoms with E-state index in [1.54, 1.807) is 4.90 Å². The Bertz CT molecular complexity index is 604. The number of nitrogens with zero attached hydrogens (tertiary/aromatic N) is 2. The van der Waals surface area contributed by atoms with Gasteiger partial charge in [0, 0.05) is 24.2 Å². The third-order valence-electron chi connectivity index (χ3n) is 3.43. The molecule has 1 atom stereocenters. The predicted octanol–water partition coefficient (Wildman–Crippen LogP) is 2.55. The normalized spacial score (nSPS) is 12.0. The molecule has 138 valence electrons. The summed E-state index contributed by atoms with van der Waals surface area (Å²) < 4.78 is 10.3. The fourth-order valence-corrected chi connectivity index (χ4v) is 2.40. The van der Waals surface area contributed by atoms with E-state index in [2.05, 4.69) is 0 Å². The smallest absolute Gasteiger partial charge is 0.344 e. The SMILES string of the molecule is CC(C)N(C(=O)[C@H](C)OC(=O)COc1ccc([N+](=O)[O-])cc1)C(C)C. The van der Waals surface area contributed by atoms with Gasteiger partial charge in [0.15, 0.2) is 12.7 Å². The molecule has 0 aliphatic carbocycles. The molecule has 0 unspecified atom stereocenters. The van der Waals surface area contributed by atoms with Gasteiger partial charge in [-0.3, -0.25) is 14.9 Å². The van der Waals surface area contributed by atoms with Crippen molar-refractivity contribution in [3.8, 4) is 5.75 Å². The lowest BCUT2D eigenvalue weighted by Crippen LogP contribution is -2.47. The minimum atomic E-state index is -0.919. The van der Waals surface area contributed by atoms with Gasteiger partial charge in [-0.1, -0.05) is 0 Å². The summed E-state index contributed by atoms with van der Waals surface area (Å²) >= 11 is 0. The van der Waals surface area contributed by atoms with Gasteiger partial charge < -0.3 is 14.4 Å². The van der Waals surface area contributed by atoms with Crippen LogP contribution in [0.1, 0.15) is 34.6 Å². The Morgan fingerprint density at radius 1 is 1.08 bits per heavy atom.